The van der Waals surface area contributed by atoms with Gasteiger partial charge >= 0.3 is 0 Å². The van der Waals surface area contributed by atoms with E-state index in [1.54, 1.807) is 0 Å². The largest absolute Gasteiger partial charge is 0.295 e. The van der Waals surface area contributed by atoms with Crippen molar-refractivity contribution in [3.05, 3.63) is 298 Å². The van der Waals surface area contributed by atoms with Crippen LogP contribution in [0.1, 0.15) is 109 Å². The van der Waals surface area contributed by atoms with Crippen LogP contribution in [-0.4, -0.2) is 9.97 Å². The van der Waals surface area contributed by atoms with E-state index in [1.807, 2.05) is 12.4 Å². The molecule has 4 aliphatic carbocycles. The Labute approximate surface area is 500 Å². The molecule has 1 unspecified atom stereocenters. The summed E-state index contributed by atoms with van der Waals surface area (Å²) in [5.41, 5.74) is 26.2. The van der Waals surface area contributed by atoms with Crippen molar-refractivity contribution in [1.82, 2.24) is 9.97 Å². The van der Waals surface area contributed by atoms with Gasteiger partial charge in [0.25, 0.3) is 0 Å². The minimum atomic E-state index is -0.212. The lowest BCUT2D eigenvalue weighted by Crippen LogP contribution is -2.18. The summed E-state index contributed by atoms with van der Waals surface area (Å²) in [4.78, 5) is 14.7. The van der Waals surface area contributed by atoms with Gasteiger partial charge in [-0.15, -0.1) is 0 Å². The van der Waals surface area contributed by atoms with Crippen molar-refractivity contribution in [1.29, 1.82) is 0 Å². The maximum absolute atomic E-state index is 5.03. The van der Waals surface area contributed by atoms with E-state index < -0.39 is 0 Å². The molecule has 412 valence electrons. The van der Waals surface area contributed by atoms with E-state index in [4.69, 9.17) is 9.97 Å². The van der Waals surface area contributed by atoms with Crippen LogP contribution in [0.2, 0.25) is 0 Å². The molecule has 0 N–H and O–H groups in total. The fourth-order valence-electron chi connectivity index (χ4n) is 14.4. The number of hydrogen-bond donors (Lipinski definition) is 0. The lowest BCUT2D eigenvalue weighted by Gasteiger charge is -2.28. The molecule has 0 radical (unpaired) electrons. The van der Waals surface area contributed by atoms with Gasteiger partial charge in [0, 0.05) is 62.2 Å². The summed E-state index contributed by atoms with van der Waals surface area (Å²) in [5, 5.41) is 4.60. The Bertz CT molecular complexity index is 4670. The van der Waals surface area contributed by atoms with Crippen LogP contribution < -0.4 is 9.80 Å². The van der Waals surface area contributed by atoms with Crippen molar-refractivity contribution in [2.45, 2.75) is 78.1 Å². The van der Waals surface area contributed by atoms with Gasteiger partial charge in [-0.25, -0.2) is 9.97 Å². The molecule has 4 aliphatic rings. The van der Waals surface area contributed by atoms with Crippen LogP contribution >= 0.6 is 0 Å². The third-order valence-electron chi connectivity index (χ3n) is 19.1. The molecule has 9 aromatic carbocycles. The molecule has 15 rings (SSSR count). The van der Waals surface area contributed by atoms with E-state index >= 15 is 0 Å². The first-order chi connectivity index (χ1) is 41.2. The second kappa shape index (κ2) is 19.7. The second-order valence-electron chi connectivity index (χ2n) is 25.6. The lowest BCUT2D eigenvalue weighted by molar-refractivity contribution is 0.645. The SMILES string of the molecule is Cc1ccc(N(c2ccc3c(c2)C(C)(C)C2=CC(/C=C/c4ccc5c(c4)C(C)(C)c4cc(/C=C/c6ccc7c(c6)C(C)(C)c6cc(N(c8ccc(C)cc8)c8nccc9ccccc89)ccc6-7)ccc4-5)CC=C23)c2nccc3ccccc23)cc1. The fourth-order valence-corrected chi connectivity index (χ4v) is 14.4. The van der Waals surface area contributed by atoms with Gasteiger partial charge in [0.15, 0.2) is 0 Å². The third-order valence-corrected chi connectivity index (χ3v) is 19.1. The molecule has 1 atom stereocenters. The maximum Gasteiger partial charge on any atom is 0.145 e. The Balaban J connectivity index is 0.665. The minimum Gasteiger partial charge on any atom is -0.295 e. The lowest BCUT2D eigenvalue weighted by atomic mass is 9.78. The summed E-state index contributed by atoms with van der Waals surface area (Å²) >= 11 is 0. The molecule has 2 heterocycles. The minimum absolute atomic E-state index is 0.152. The highest BCUT2D eigenvalue weighted by molar-refractivity contribution is 6.00. The zero-order valence-electron chi connectivity index (χ0n) is 49.7. The fraction of sp³-hybridized carbons (Fsp3) is 0.160. The van der Waals surface area contributed by atoms with E-state index in [9.17, 15) is 0 Å². The van der Waals surface area contributed by atoms with Crippen LogP contribution in [0.5, 0.6) is 0 Å². The molecule has 0 bridgehead atoms. The number of rotatable bonds is 10. The second-order valence-corrected chi connectivity index (χ2v) is 25.6. The Morgan fingerprint density at radius 2 is 0.800 bits per heavy atom. The average Bonchev–Trinajstić information content (AvgIpc) is 2.65. The number of allylic oxidation sites excluding steroid dienone is 5. The van der Waals surface area contributed by atoms with Crippen molar-refractivity contribution in [3.63, 3.8) is 0 Å². The van der Waals surface area contributed by atoms with E-state index in [0.29, 0.717) is 5.92 Å². The molecule has 0 spiro atoms. The number of aromatic nitrogens is 2. The van der Waals surface area contributed by atoms with Gasteiger partial charge in [-0.2, -0.15) is 0 Å². The van der Waals surface area contributed by atoms with E-state index in [2.05, 4.69) is 302 Å². The zero-order chi connectivity index (χ0) is 57.9. The smallest absolute Gasteiger partial charge is 0.145 e. The van der Waals surface area contributed by atoms with E-state index in [-0.39, 0.29) is 16.2 Å². The summed E-state index contributed by atoms with van der Waals surface area (Å²) in [5.74, 6) is 2.16. The summed E-state index contributed by atoms with van der Waals surface area (Å²) in [6.07, 6.45) is 19.2. The summed E-state index contributed by atoms with van der Waals surface area (Å²) in [7, 11) is 0. The Morgan fingerprint density at radius 1 is 0.400 bits per heavy atom. The molecule has 0 fully saturated rings. The van der Waals surface area contributed by atoms with Gasteiger partial charge in [-0.05, 0) is 181 Å². The van der Waals surface area contributed by atoms with Gasteiger partial charge in [0.05, 0.1) is 0 Å². The maximum atomic E-state index is 5.03. The molecule has 11 aromatic rings. The number of pyridine rings is 2. The molecule has 0 saturated carbocycles. The van der Waals surface area contributed by atoms with Crippen molar-refractivity contribution in [3.8, 4) is 22.3 Å². The van der Waals surface area contributed by atoms with Crippen LogP contribution in [0.15, 0.2) is 236 Å². The van der Waals surface area contributed by atoms with Crippen LogP contribution in [0, 0.1) is 19.8 Å². The molecule has 0 aliphatic heterocycles. The monoisotopic (exact) mass is 1100 g/mol. The molecule has 4 nitrogen and oxygen atoms in total. The van der Waals surface area contributed by atoms with Crippen LogP contribution in [0.3, 0.4) is 0 Å². The molecule has 0 amide bonds. The first kappa shape index (κ1) is 52.2. The Hall–Kier alpha value is -9.64. The van der Waals surface area contributed by atoms with Gasteiger partial charge in [0.1, 0.15) is 11.6 Å². The highest BCUT2D eigenvalue weighted by atomic mass is 15.2. The quantitative estimate of drug-likeness (QED) is 0.128. The topological polar surface area (TPSA) is 32.3 Å². The number of fused-ring (bicyclic) bond motifs is 11. The standard InChI is InChI=1S/C81H68N4/c1-51-17-29-59(30-18-51)84(77-63-15-11-9-13-57(63)41-43-82-77)61-33-39-69-67-37-27-55(47-73(67)80(5,6)75(69)49-61)23-21-53-25-35-65-66-36-26-54(46-72(66)79(3,4)71(65)45-53)22-24-56-28-38-68-70-40-34-62(50-76(70)81(7,8)74(68)48-56)85(60-31-19-52(2)20-32-60)78-64-16-12-10-14-58(64)42-44-83-78/h9-27,29-50,56H,28H2,1-8H3/b23-21+,24-22+. The van der Waals surface area contributed by atoms with Crippen LogP contribution in [-0.2, 0) is 16.2 Å². The molecular formula is C81H68N4. The van der Waals surface area contributed by atoms with Crippen molar-refractivity contribution >= 4 is 79.7 Å². The summed E-state index contributed by atoms with van der Waals surface area (Å²) in [6.45, 7) is 18.6. The normalized spacial score (nSPS) is 16.4. The van der Waals surface area contributed by atoms with Crippen molar-refractivity contribution in [2.75, 3.05) is 9.80 Å². The van der Waals surface area contributed by atoms with Gasteiger partial charge in [-0.1, -0.05) is 229 Å². The Morgan fingerprint density at radius 3 is 1.28 bits per heavy atom. The predicted molar refractivity (Wildman–Crippen MR) is 359 cm³/mol. The first-order valence-corrected chi connectivity index (χ1v) is 30.1. The molecule has 85 heavy (non-hydrogen) atoms. The van der Waals surface area contributed by atoms with Crippen LogP contribution in [0.25, 0.3) is 67.6 Å². The number of benzene rings is 9. The van der Waals surface area contributed by atoms with Crippen LogP contribution in [0.4, 0.5) is 34.4 Å². The highest BCUT2D eigenvalue weighted by Crippen LogP contribution is 2.55. The number of aryl methyl sites for hydroxylation is 2. The molecule has 0 saturated heterocycles. The molecule has 2 aromatic heterocycles. The molecule has 4 heteroatoms. The molecular weight excluding hydrogens is 1030 g/mol. The van der Waals surface area contributed by atoms with Gasteiger partial charge < -0.3 is 0 Å². The summed E-state index contributed by atoms with van der Waals surface area (Å²) in [6, 6.07) is 74.1. The van der Waals surface area contributed by atoms with E-state index in [1.165, 1.54) is 105 Å². The number of hydrogen-bond acceptors (Lipinski definition) is 4. The number of nitrogens with zero attached hydrogens (tertiary/aromatic N) is 4. The average molecular weight is 1100 g/mol. The third kappa shape index (κ3) is 8.63. The van der Waals surface area contributed by atoms with Gasteiger partial charge in [-0.3, -0.25) is 9.80 Å². The van der Waals surface area contributed by atoms with Crippen molar-refractivity contribution < 1.29 is 0 Å². The van der Waals surface area contributed by atoms with Crippen molar-refractivity contribution in [2.24, 2.45) is 5.92 Å². The highest BCUT2D eigenvalue weighted by Gasteiger charge is 2.41. The number of anilines is 6. The Kier molecular flexibility index (Phi) is 12.1. The predicted octanol–water partition coefficient (Wildman–Crippen LogP) is 21.5. The zero-order valence-corrected chi connectivity index (χ0v) is 49.7. The first-order valence-electron chi connectivity index (χ1n) is 30.1. The van der Waals surface area contributed by atoms with Gasteiger partial charge in [0.2, 0.25) is 0 Å². The summed E-state index contributed by atoms with van der Waals surface area (Å²) < 4.78 is 0. The van der Waals surface area contributed by atoms with E-state index in [0.717, 1.165) is 51.6 Å².